The predicted octanol–water partition coefficient (Wildman–Crippen LogP) is 3.25. The van der Waals surface area contributed by atoms with Gasteiger partial charge in [0, 0.05) is 18.3 Å². The van der Waals surface area contributed by atoms with Gasteiger partial charge in [-0.2, -0.15) is 4.98 Å². The summed E-state index contributed by atoms with van der Waals surface area (Å²) in [4.78, 5) is 8.64. The molecule has 0 aromatic carbocycles. The van der Waals surface area contributed by atoms with Crippen molar-refractivity contribution in [3.63, 3.8) is 0 Å². The van der Waals surface area contributed by atoms with Crippen molar-refractivity contribution in [2.45, 2.75) is 58.6 Å². The molecule has 2 rings (SSSR count). The molecule has 0 amide bonds. The molecule has 1 heterocycles. The maximum atomic E-state index is 5.57. The summed E-state index contributed by atoms with van der Waals surface area (Å²) in [7, 11) is 0. The van der Waals surface area contributed by atoms with E-state index in [0.29, 0.717) is 17.9 Å². The minimum absolute atomic E-state index is 0.139. The maximum Gasteiger partial charge on any atom is 0.226 e. The monoisotopic (exact) mass is 249 g/mol. The smallest absolute Gasteiger partial charge is 0.226 e. The van der Waals surface area contributed by atoms with Gasteiger partial charge in [-0.15, -0.1) is 0 Å². The molecule has 1 unspecified atom stereocenters. The van der Waals surface area contributed by atoms with E-state index in [9.17, 15) is 0 Å². The molecule has 1 aromatic rings. The molecular formula is C14H23N3O. The Morgan fingerprint density at radius 3 is 2.67 bits per heavy atom. The van der Waals surface area contributed by atoms with E-state index in [0.717, 1.165) is 5.92 Å². The van der Waals surface area contributed by atoms with Gasteiger partial charge in [0.1, 0.15) is 0 Å². The molecule has 100 valence electrons. The highest BCUT2D eigenvalue weighted by molar-refractivity contribution is 5.29. The molecule has 1 aliphatic carbocycles. The number of aromatic nitrogens is 2. The van der Waals surface area contributed by atoms with Gasteiger partial charge in [0.2, 0.25) is 11.8 Å². The van der Waals surface area contributed by atoms with Crippen molar-refractivity contribution in [2.75, 3.05) is 5.32 Å². The van der Waals surface area contributed by atoms with Crippen LogP contribution in [0.15, 0.2) is 12.3 Å². The molecule has 0 bridgehead atoms. The third-order valence-corrected chi connectivity index (χ3v) is 3.45. The zero-order valence-corrected chi connectivity index (χ0v) is 11.5. The first-order valence-corrected chi connectivity index (χ1v) is 6.91. The average Bonchev–Trinajstić information content (AvgIpc) is 2.81. The highest BCUT2D eigenvalue weighted by Crippen LogP contribution is 2.28. The molecular weight excluding hydrogens is 226 g/mol. The summed E-state index contributed by atoms with van der Waals surface area (Å²) in [6.07, 6.45) is 7.23. The van der Waals surface area contributed by atoms with Crippen molar-refractivity contribution in [1.82, 2.24) is 9.97 Å². The lowest BCUT2D eigenvalue weighted by Crippen LogP contribution is -2.25. The highest BCUT2D eigenvalue weighted by Gasteiger charge is 2.21. The third kappa shape index (κ3) is 3.59. The standard InChI is InChI=1S/C14H23N3O/c1-10(2)18-13-8-9-15-14(17-13)16-11(3)12-6-4-5-7-12/h8-12H,4-7H2,1-3H3,(H,15,16,17). The first-order valence-electron chi connectivity index (χ1n) is 6.91. The second-order valence-electron chi connectivity index (χ2n) is 5.36. The predicted molar refractivity (Wildman–Crippen MR) is 72.8 cm³/mol. The number of nitrogens with one attached hydrogen (secondary N) is 1. The van der Waals surface area contributed by atoms with E-state index in [2.05, 4.69) is 22.2 Å². The molecule has 1 aliphatic rings. The maximum absolute atomic E-state index is 5.57. The Labute approximate surface area is 109 Å². The fourth-order valence-electron chi connectivity index (χ4n) is 2.50. The van der Waals surface area contributed by atoms with E-state index in [4.69, 9.17) is 4.74 Å². The van der Waals surface area contributed by atoms with Gasteiger partial charge in [-0.1, -0.05) is 12.8 Å². The van der Waals surface area contributed by atoms with Crippen LogP contribution in [0.1, 0.15) is 46.5 Å². The van der Waals surface area contributed by atoms with Gasteiger partial charge in [0.05, 0.1) is 6.10 Å². The van der Waals surface area contributed by atoms with E-state index < -0.39 is 0 Å². The zero-order chi connectivity index (χ0) is 13.0. The largest absolute Gasteiger partial charge is 0.475 e. The molecule has 18 heavy (non-hydrogen) atoms. The van der Waals surface area contributed by atoms with Crippen LogP contribution in [0.2, 0.25) is 0 Å². The van der Waals surface area contributed by atoms with Crippen molar-refractivity contribution in [1.29, 1.82) is 0 Å². The van der Waals surface area contributed by atoms with Crippen LogP contribution in [0.25, 0.3) is 0 Å². The minimum Gasteiger partial charge on any atom is -0.475 e. The summed E-state index contributed by atoms with van der Waals surface area (Å²) in [5, 5.41) is 3.40. The number of hydrogen-bond acceptors (Lipinski definition) is 4. The lowest BCUT2D eigenvalue weighted by Gasteiger charge is -2.20. The molecule has 1 fully saturated rings. The fraction of sp³-hybridized carbons (Fsp3) is 0.714. The van der Waals surface area contributed by atoms with Crippen molar-refractivity contribution < 1.29 is 4.74 Å². The first kappa shape index (κ1) is 13.1. The molecule has 0 aliphatic heterocycles. The van der Waals surface area contributed by atoms with Gasteiger partial charge < -0.3 is 10.1 Å². The van der Waals surface area contributed by atoms with Crippen LogP contribution in [0.5, 0.6) is 5.88 Å². The van der Waals surface area contributed by atoms with Crippen LogP contribution in [-0.2, 0) is 0 Å². The van der Waals surface area contributed by atoms with Gasteiger partial charge in [0.15, 0.2) is 0 Å². The van der Waals surface area contributed by atoms with Crippen molar-refractivity contribution in [2.24, 2.45) is 5.92 Å². The molecule has 1 atom stereocenters. The number of ether oxygens (including phenoxy) is 1. The molecule has 1 saturated carbocycles. The van der Waals surface area contributed by atoms with Gasteiger partial charge in [-0.05, 0) is 39.5 Å². The van der Waals surface area contributed by atoms with E-state index in [1.54, 1.807) is 12.3 Å². The van der Waals surface area contributed by atoms with Gasteiger partial charge >= 0.3 is 0 Å². The summed E-state index contributed by atoms with van der Waals surface area (Å²) >= 11 is 0. The average molecular weight is 249 g/mol. The normalized spacial score (nSPS) is 18.0. The van der Waals surface area contributed by atoms with E-state index in [1.807, 2.05) is 13.8 Å². The van der Waals surface area contributed by atoms with Crippen LogP contribution < -0.4 is 10.1 Å². The SMILES string of the molecule is CC(C)Oc1ccnc(NC(C)C2CCCC2)n1. The minimum atomic E-state index is 0.139. The molecule has 1 N–H and O–H groups in total. The summed E-state index contributed by atoms with van der Waals surface area (Å²) < 4.78 is 5.57. The third-order valence-electron chi connectivity index (χ3n) is 3.45. The van der Waals surface area contributed by atoms with Crippen LogP contribution in [0.4, 0.5) is 5.95 Å². The van der Waals surface area contributed by atoms with Crippen LogP contribution >= 0.6 is 0 Å². The van der Waals surface area contributed by atoms with Crippen LogP contribution in [0.3, 0.4) is 0 Å². The molecule has 0 spiro atoms. The Morgan fingerprint density at radius 2 is 2.00 bits per heavy atom. The number of anilines is 1. The molecule has 0 saturated heterocycles. The fourth-order valence-corrected chi connectivity index (χ4v) is 2.50. The summed E-state index contributed by atoms with van der Waals surface area (Å²) in [6.45, 7) is 6.21. The quantitative estimate of drug-likeness (QED) is 0.870. The topological polar surface area (TPSA) is 47.0 Å². The molecule has 0 radical (unpaired) electrons. The van der Waals surface area contributed by atoms with Gasteiger partial charge in [-0.25, -0.2) is 4.98 Å². The molecule has 4 nitrogen and oxygen atoms in total. The van der Waals surface area contributed by atoms with E-state index >= 15 is 0 Å². The highest BCUT2D eigenvalue weighted by atomic mass is 16.5. The first-order chi connectivity index (χ1) is 8.65. The Morgan fingerprint density at radius 1 is 1.28 bits per heavy atom. The number of hydrogen-bond donors (Lipinski definition) is 1. The number of rotatable bonds is 5. The second-order valence-corrected chi connectivity index (χ2v) is 5.36. The Bertz CT molecular complexity index is 375. The van der Waals surface area contributed by atoms with Crippen LogP contribution in [0, 0.1) is 5.92 Å². The van der Waals surface area contributed by atoms with Crippen molar-refractivity contribution in [3.8, 4) is 5.88 Å². The van der Waals surface area contributed by atoms with Crippen LogP contribution in [-0.4, -0.2) is 22.1 Å². The van der Waals surface area contributed by atoms with Crippen molar-refractivity contribution >= 4 is 5.95 Å². The summed E-state index contributed by atoms with van der Waals surface area (Å²) in [5.74, 6) is 2.07. The molecule has 4 heteroatoms. The number of nitrogens with zero attached hydrogens (tertiary/aromatic N) is 2. The Balaban J connectivity index is 1.95. The second kappa shape index (κ2) is 6.03. The molecule has 1 aromatic heterocycles. The zero-order valence-electron chi connectivity index (χ0n) is 11.5. The van der Waals surface area contributed by atoms with E-state index in [1.165, 1.54) is 25.7 Å². The lowest BCUT2D eigenvalue weighted by atomic mass is 10.0. The van der Waals surface area contributed by atoms with Gasteiger partial charge in [0.25, 0.3) is 0 Å². The lowest BCUT2D eigenvalue weighted by molar-refractivity contribution is 0.232. The van der Waals surface area contributed by atoms with Gasteiger partial charge in [-0.3, -0.25) is 0 Å². The van der Waals surface area contributed by atoms with E-state index in [-0.39, 0.29) is 6.10 Å². The summed E-state index contributed by atoms with van der Waals surface area (Å²) in [6, 6.07) is 2.23. The Kier molecular flexibility index (Phi) is 4.39. The Hall–Kier alpha value is -1.32. The summed E-state index contributed by atoms with van der Waals surface area (Å²) in [5.41, 5.74) is 0. The van der Waals surface area contributed by atoms with Crippen molar-refractivity contribution in [3.05, 3.63) is 12.3 Å².